The number of aryl methyl sites for hydroxylation is 1. The fraction of sp³-hybridized carbons (Fsp3) is 0.286. The molecule has 0 saturated carbocycles. The quantitative estimate of drug-likeness (QED) is 0.736. The van der Waals surface area contributed by atoms with Crippen molar-refractivity contribution in [3.05, 3.63) is 45.8 Å². The van der Waals surface area contributed by atoms with Crippen LogP contribution >= 0.6 is 22.6 Å². The van der Waals surface area contributed by atoms with Gasteiger partial charge in [-0.1, -0.05) is 18.2 Å². The lowest BCUT2D eigenvalue weighted by Gasteiger charge is -2.22. The van der Waals surface area contributed by atoms with E-state index in [4.69, 9.17) is 0 Å². The Labute approximate surface area is 120 Å². The molecule has 0 N–H and O–H groups in total. The van der Waals surface area contributed by atoms with Crippen LogP contribution in [0, 0.1) is 3.57 Å². The van der Waals surface area contributed by atoms with Gasteiger partial charge in [0.1, 0.15) is 0 Å². The SMILES string of the molecule is Ic1cnc(N2CCCCc3ccccc32)nc1. The van der Waals surface area contributed by atoms with Gasteiger partial charge in [-0.3, -0.25) is 0 Å². The summed E-state index contributed by atoms with van der Waals surface area (Å²) in [5, 5.41) is 0. The van der Waals surface area contributed by atoms with Crippen molar-refractivity contribution >= 4 is 34.2 Å². The highest BCUT2D eigenvalue weighted by Gasteiger charge is 2.17. The molecule has 1 aromatic heterocycles. The summed E-state index contributed by atoms with van der Waals surface area (Å²) in [4.78, 5) is 11.1. The molecule has 0 fully saturated rings. The number of fused-ring (bicyclic) bond motifs is 1. The fourth-order valence-electron chi connectivity index (χ4n) is 2.34. The third-order valence-electron chi connectivity index (χ3n) is 3.21. The lowest BCUT2D eigenvalue weighted by Crippen LogP contribution is -2.20. The first-order chi connectivity index (χ1) is 8.84. The molecule has 4 heteroatoms. The molecule has 0 radical (unpaired) electrons. The molecular formula is C14H14IN3. The van der Waals surface area contributed by atoms with E-state index in [1.807, 2.05) is 12.4 Å². The Balaban J connectivity index is 2.03. The Morgan fingerprint density at radius 1 is 1.06 bits per heavy atom. The Hall–Kier alpha value is -1.17. The van der Waals surface area contributed by atoms with Gasteiger partial charge in [0, 0.05) is 28.2 Å². The molecule has 1 aromatic carbocycles. The largest absolute Gasteiger partial charge is 0.310 e. The number of para-hydroxylation sites is 1. The van der Waals surface area contributed by atoms with E-state index in [9.17, 15) is 0 Å². The molecule has 0 spiro atoms. The maximum atomic E-state index is 4.45. The molecule has 3 rings (SSSR count). The minimum atomic E-state index is 0.810. The maximum Gasteiger partial charge on any atom is 0.229 e. The first kappa shape index (κ1) is 11.9. The van der Waals surface area contributed by atoms with Gasteiger partial charge >= 0.3 is 0 Å². The molecule has 0 amide bonds. The summed E-state index contributed by atoms with van der Waals surface area (Å²) < 4.78 is 1.07. The van der Waals surface area contributed by atoms with Gasteiger partial charge in [0.25, 0.3) is 0 Å². The van der Waals surface area contributed by atoms with Gasteiger partial charge in [-0.2, -0.15) is 0 Å². The van der Waals surface area contributed by atoms with Crippen molar-refractivity contribution in [2.75, 3.05) is 11.4 Å². The third kappa shape index (κ3) is 2.34. The van der Waals surface area contributed by atoms with Crippen molar-refractivity contribution in [3.8, 4) is 0 Å². The molecule has 0 bridgehead atoms. The van der Waals surface area contributed by atoms with Crippen LogP contribution in [0.3, 0.4) is 0 Å². The first-order valence-electron chi connectivity index (χ1n) is 6.17. The van der Waals surface area contributed by atoms with Gasteiger partial charge in [-0.05, 0) is 53.5 Å². The number of anilines is 2. The summed E-state index contributed by atoms with van der Waals surface area (Å²) in [5.74, 6) is 0.810. The van der Waals surface area contributed by atoms with E-state index in [2.05, 4.69) is 61.7 Å². The number of nitrogens with zero attached hydrogens (tertiary/aromatic N) is 3. The van der Waals surface area contributed by atoms with Crippen LogP contribution in [0.25, 0.3) is 0 Å². The molecule has 1 aliphatic heterocycles. The maximum absolute atomic E-state index is 4.45. The predicted molar refractivity (Wildman–Crippen MR) is 81.1 cm³/mol. The average Bonchev–Trinajstić information content (AvgIpc) is 2.62. The third-order valence-corrected chi connectivity index (χ3v) is 3.77. The van der Waals surface area contributed by atoms with Crippen molar-refractivity contribution in [1.29, 1.82) is 0 Å². The fourth-order valence-corrected chi connectivity index (χ4v) is 2.62. The van der Waals surface area contributed by atoms with Crippen LogP contribution in [0.1, 0.15) is 18.4 Å². The van der Waals surface area contributed by atoms with E-state index in [1.54, 1.807) is 0 Å². The van der Waals surface area contributed by atoms with E-state index in [0.29, 0.717) is 0 Å². The molecule has 0 aliphatic carbocycles. The summed E-state index contributed by atoms with van der Waals surface area (Å²) in [7, 11) is 0. The molecule has 18 heavy (non-hydrogen) atoms. The summed E-state index contributed by atoms with van der Waals surface area (Å²) in [6.07, 6.45) is 7.31. The summed E-state index contributed by atoms with van der Waals surface area (Å²) in [6.45, 7) is 0.998. The van der Waals surface area contributed by atoms with Crippen molar-refractivity contribution in [2.24, 2.45) is 0 Å². The van der Waals surface area contributed by atoms with Gasteiger partial charge in [0.2, 0.25) is 5.95 Å². The van der Waals surface area contributed by atoms with E-state index in [0.717, 1.165) is 22.5 Å². The zero-order valence-electron chi connectivity index (χ0n) is 10.0. The smallest absolute Gasteiger partial charge is 0.229 e. The second-order valence-electron chi connectivity index (χ2n) is 4.44. The summed E-state index contributed by atoms with van der Waals surface area (Å²) in [5.41, 5.74) is 2.66. The van der Waals surface area contributed by atoms with Crippen molar-refractivity contribution in [3.63, 3.8) is 0 Å². The van der Waals surface area contributed by atoms with E-state index in [1.165, 1.54) is 24.1 Å². The summed E-state index contributed by atoms with van der Waals surface area (Å²) >= 11 is 2.23. The van der Waals surface area contributed by atoms with Gasteiger partial charge in [-0.25, -0.2) is 9.97 Å². The predicted octanol–water partition coefficient (Wildman–Crippen LogP) is 3.56. The zero-order valence-corrected chi connectivity index (χ0v) is 12.2. The van der Waals surface area contributed by atoms with Gasteiger partial charge < -0.3 is 4.90 Å². The van der Waals surface area contributed by atoms with Crippen LogP contribution in [0.2, 0.25) is 0 Å². The normalized spacial score (nSPS) is 15.1. The standard InChI is InChI=1S/C14H14IN3/c15-12-9-16-14(17-10-12)18-8-4-3-6-11-5-1-2-7-13(11)18/h1-2,5,7,9-10H,3-4,6,8H2. The number of aromatic nitrogens is 2. The number of rotatable bonds is 1. The van der Waals surface area contributed by atoms with Crippen molar-refractivity contribution in [2.45, 2.75) is 19.3 Å². The lowest BCUT2D eigenvalue weighted by molar-refractivity contribution is 0.752. The Bertz CT molecular complexity index is 539. The second kappa shape index (κ2) is 5.22. The summed E-state index contributed by atoms with van der Waals surface area (Å²) in [6, 6.07) is 8.57. The molecule has 3 nitrogen and oxygen atoms in total. The highest BCUT2D eigenvalue weighted by molar-refractivity contribution is 14.1. The first-order valence-corrected chi connectivity index (χ1v) is 7.25. The number of hydrogen-bond acceptors (Lipinski definition) is 3. The minimum absolute atomic E-state index is 0.810. The molecule has 2 aromatic rings. The van der Waals surface area contributed by atoms with E-state index in [-0.39, 0.29) is 0 Å². The van der Waals surface area contributed by atoms with Crippen LogP contribution in [0.15, 0.2) is 36.7 Å². The second-order valence-corrected chi connectivity index (χ2v) is 5.68. The lowest BCUT2D eigenvalue weighted by atomic mass is 10.1. The monoisotopic (exact) mass is 351 g/mol. The number of benzene rings is 1. The van der Waals surface area contributed by atoms with E-state index < -0.39 is 0 Å². The van der Waals surface area contributed by atoms with Crippen molar-refractivity contribution < 1.29 is 0 Å². The molecule has 0 unspecified atom stereocenters. The topological polar surface area (TPSA) is 29.0 Å². The highest BCUT2D eigenvalue weighted by atomic mass is 127. The Morgan fingerprint density at radius 3 is 2.67 bits per heavy atom. The molecular weight excluding hydrogens is 337 g/mol. The molecule has 2 heterocycles. The molecule has 0 atom stereocenters. The van der Waals surface area contributed by atoms with Gasteiger partial charge in [0.05, 0.1) is 0 Å². The van der Waals surface area contributed by atoms with E-state index >= 15 is 0 Å². The van der Waals surface area contributed by atoms with Crippen molar-refractivity contribution in [1.82, 2.24) is 9.97 Å². The van der Waals surface area contributed by atoms with Crippen LogP contribution in [-0.2, 0) is 6.42 Å². The van der Waals surface area contributed by atoms with Crippen LogP contribution in [0.4, 0.5) is 11.6 Å². The molecule has 92 valence electrons. The minimum Gasteiger partial charge on any atom is -0.310 e. The molecule has 1 aliphatic rings. The zero-order chi connectivity index (χ0) is 12.4. The van der Waals surface area contributed by atoms with Crippen LogP contribution in [-0.4, -0.2) is 16.5 Å². The number of halogens is 1. The van der Waals surface area contributed by atoms with Gasteiger partial charge in [0.15, 0.2) is 0 Å². The van der Waals surface area contributed by atoms with Gasteiger partial charge in [-0.15, -0.1) is 0 Å². The van der Waals surface area contributed by atoms with Crippen LogP contribution < -0.4 is 4.90 Å². The average molecular weight is 351 g/mol. The Kier molecular flexibility index (Phi) is 3.45. The molecule has 0 saturated heterocycles. The number of hydrogen-bond donors (Lipinski definition) is 0. The van der Waals surface area contributed by atoms with Crippen LogP contribution in [0.5, 0.6) is 0 Å². The Morgan fingerprint density at radius 2 is 1.83 bits per heavy atom. The highest BCUT2D eigenvalue weighted by Crippen LogP contribution is 2.30.